The summed E-state index contributed by atoms with van der Waals surface area (Å²) < 4.78 is 17.7. The zero-order chi connectivity index (χ0) is 36.3. The predicted octanol–water partition coefficient (Wildman–Crippen LogP) is 13.4. The van der Waals surface area contributed by atoms with Crippen LogP contribution in [0.3, 0.4) is 0 Å². The van der Waals surface area contributed by atoms with Crippen LogP contribution in [-0.2, 0) is 19.0 Å². The van der Waals surface area contributed by atoms with Crippen LogP contribution in [0.4, 0.5) is 0 Å². The van der Waals surface area contributed by atoms with Gasteiger partial charge in [0.15, 0.2) is 0 Å². The lowest BCUT2D eigenvalue weighted by Crippen LogP contribution is -2.28. The Morgan fingerprint density at radius 3 is 1.38 bits per heavy atom. The Bertz CT molecular complexity index is 709. The van der Waals surface area contributed by atoms with E-state index in [9.17, 15) is 4.79 Å². The van der Waals surface area contributed by atoms with Gasteiger partial charge in [0.05, 0.1) is 6.61 Å². The van der Waals surface area contributed by atoms with Crippen LogP contribution in [0.1, 0.15) is 213 Å². The van der Waals surface area contributed by atoms with Crippen LogP contribution in [0.2, 0.25) is 0 Å². The summed E-state index contributed by atoms with van der Waals surface area (Å²) in [6.07, 6.45) is 47.2. The lowest BCUT2D eigenvalue weighted by Gasteiger charge is -2.18. The minimum Gasteiger partial charge on any atom is -0.463 e. The van der Waals surface area contributed by atoms with Crippen LogP contribution in [0.25, 0.3) is 0 Å². The first-order valence-corrected chi connectivity index (χ1v) is 22.1. The van der Waals surface area contributed by atoms with Gasteiger partial charge in [0.1, 0.15) is 12.7 Å². The third-order valence-corrected chi connectivity index (χ3v) is 9.53. The molecule has 5 nitrogen and oxygen atoms in total. The molecule has 0 aliphatic rings. The van der Waals surface area contributed by atoms with E-state index in [1.165, 1.54) is 167 Å². The van der Waals surface area contributed by atoms with E-state index in [2.05, 4.69) is 50.4 Å². The van der Waals surface area contributed by atoms with Gasteiger partial charge in [0.25, 0.3) is 0 Å². The van der Waals surface area contributed by atoms with Crippen molar-refractivity contribution >= 4 is 5.97 Å². The van der Waals surface area contributed by atoms with Crippen molar-refractivity contribution in [2.24, 2.45) is 0 Å². The summed E-state index contributed by atoms with van der Waals surface area (Å²) in [6, 6.07) is 0. The van der Waals surface area contributed by atoms with Crippen molar-refractivity contribution in [2.45, 2.75) is 219 Å². The first-order chi connectivity index (χ1) is 24.7. The Hall–Kier alpha value is -1.17. The van der Waals surface area contributed by atoms with Gasteiger partial charge < -0.3 is 19.5 Å². The van der Waals surface area contributed by atoms with Gasteiger partial charge in [0.2, 0.25) is 0 Å². The molecule has 296 valence electrons. The fraction of sp³-hybridized carbons (Fsp3) is 0.889. The molecule has 1 N–H and O–H groups in total. The minimum absolute atomic E-state index is 0.137. The van der Waals surface area contributed by atoms with E-state index >= 15 is 0 Å². The molecule has 0 aliphatic carbocycles. The maximum atomic E-state index is 12.2. The molecule has 0 fully saturated rings. The Labute approximate surface area is 312 Å². The zero-order valence-electron chi connectivity index (χ0n) is 34.0. The number of ether oxygens (including phenoxy) is 3. The number of carbonyl (C=O) groups excluding carboxylic acids is 1. The highest BCUT2D eigenvalue weighted by molar-refractivity contribution is 5.69. The molecule has 0 aromatic heterocycles. The van der Waals surface area contributed by atoms with Crippen LogP contribution < -0.4 is 5.32 Å². The van der Waals surface area contributed by atoms with Crippen molar-refractivity contribution in [2.75, 3.05) is 39.5 Å². The number of allylic oxidation sites excluding steroid dienone is 4. The van der Waals surface area contributed by atoms with Crippen molar-refractivity contribution < 1.29 is 19.0 Å². The third kappa shape index (κ3) is 41.3. The van der Waals surface area contributed by atoms with E-state index in [0.29, 0.717) is 26.2 Å². The molecule has 0 saturated heterocycles. The molecule has 0 saturated carbocycles. The highest BCUT2D eigenvalue weighted by Gasteiger charge is 2.13. The fourth-order valence-electron chi connectivity index (χ4n) is 6.20. The average molecular weight is 706 g/mol. The molecule has 0 radical (unpaired) electrons. The van der Waals surface area contributed by atoms with Crippen molar-refractivity contribution in [1.29, 1.82) is 0 Å². The Morgan fingerprint density at radius 2 is 0.920 bits per heavy atom. The standard InChI is InChI=1S/C45H87NO4/c1-4-7-9-11-13-15-17-19-21-23-25-27-29-31-33-35-40-48-42-44(43-50-45(47)38-37-39-46-6-3)49-41-36-34-32-30-28-26-24-22-20-18-16-14-12-10-8-5-2/h19-22,44,46H,4-18,23-43H2,1-3H3/b21-19-,22-20-. The van der Waals surface area contributed by atoms with Gasteiger partial charge in [-0.15, -0.1) is 0 Å². The van der Waals surface area contributed by atoms with E-state index in [1.54, 1.807) is 0 Å². The minimum atomic E-state index is -0.176. The van der Waals surface area contributed by atoms with Gasteiger partial charge >= 0.3 is 5.97 Å². The molecule has 0 aromatic carbocycles. The number of unbranched alkanes of at least 4 members (excludes halogenated alkanes) is 24. The SMILES string of the molecule is CCCCCCCC/C=C\CCCCCCCCOCC(COC(=O)CCCNCC)OCCCCCCCC/C=C\CCCCCCCC. The zero-order valence-corrected chi connectivity index (χ0v) is 34.0. The van der Waals surface area contributed by atoms with Crippen LogP contribution in [0.5, 0.6) is 0 Å². The van der Waals surface area contributed by atoms with Crippen LogP contribution in [-0.4, -0.2) is 51.6 Å². The molecular formula is C45H87NO4. The quantitative estimate of drug-likeness (QED) is 0.0389. The summed E-state index contributed by atoms with van der Waals surface area (Å²) in [5, 5.41) is 3.26. The maximum Gasteiger partial charge on any atom is 0.305 e. The smallest absolute Gasteiger partial charge is 0.305 e. The molecule has 50 heavy (non-hydrogen) atoms. The molecular weight excluding hydrogens is 618 g/mol. The lowest BCUT2D eigenvalue weighted by atomic mass is 10.1. The second kappa shape index (κ2) is 44.0. The summed E-state index contributed by atoms with van der Waals surface area (Å²) in [5.41, 5.74) is 0. The second-order valence-corrected chi connectivity index (χ2v) is 14.6. The van der Waals surface area contributed by atoms with E-state index in [-0.39, 0.29) is 12.1 Å². The van der Waals surface area contributed by atoms with Crippen molar-refractivity contribution in [3.8, 4) is 0 Å². The number of hydrogen-bond donors (Lipinski definition) is 1. The maximum absolute atomic E-state index is 12.2. The van der Waals surface area contributed by atoms with E-state index in [0.717, 1.165) is 39.0 Å². The molecule has 0 rings (SSSR count). The number of nitrogens with one attached hydrogen (secondary N) is 1. The highest BCUT2D eigenvalue weighted by atomic mass is 16.6. The van der Waals surface area contributed by atoms with Crippen LogP contribution in [0.15, 0.2) is 24.3 Å². The summed E-state index contributed by atoms with van der Waals surface area (Å²) in [6.45, 7) is 10.7. The largest absolute Gasteiger partial charge is 0.463 e. The third-order valence-electron chi connectivity index (χ3n) is 9.53. The number of carbonyl (C=O) groups is 1. The lowest BCUT2D eigenvalue weighted by molar-refractivity contribution is -0.150. The molecule has 1 unspecified atom stereocenters. The Morgan fingerprint density at radius 1 is 0.500 bits per heavy atom. The topological polar surface area (TPSA) is 56.8 Å². The van der Waals surface area contributed by atoms with Gasteiger partial charge in [-0.3, -0.25) is 4.79 Å². The summed E-state index contributed by atoms with van der Waals surface area (Å²) in [7, 11) is 0. The van der Waals surface area contributed by atoms with Crippen LogP contribution in [0, 0.1) is 0 Å². The molecule has 5 heteroatoms. The van der Waals surface area contributed by atoms with Gasteiger partial charge in [-0.25, -0.2) is 0 Å². The van der Waals surface area contributed by atoms with Crippen molar-refractivity contribution in [1.82, 2.24) is 5.32 Å². The van der Waals surface area contributed by atoms with E-state index in [4.69, 9.17) is 14.2 Å². The molecule has 0 heterocycles. The van der Waals surface area contributed by atoms with Crippen LogP contribution >= 0.6 is 0 Å². The van der Waals surface area contributed by atoms with Gasteiger partial charge in [-0.2, -0.15) is 0 Å². The van der Waals surface area contributed by atoms with Gasteiger partial charge in [-0.05, 0) is 83.7 Å². The first kappa shape index (κ1) is 48.8. The molecule has 0 amide bonds. The Balaban J connectivity index is 3.93. The average Bonchev–Trinajstić information content (AvgIpc) is 3.12. The molecule has 0 aliphatic heterocycles. The van der Waals surface area contributed by atoms with Gasteiger partial charge in [0, 0.05) is 19.6 Å². The van der Waals surface area contributed by atoms with E-state index < -0.39 is 0 Å². The molecule has 0 aromatic rings. The number of rotatable bonds is 42. The number of hydrogen-bond acceptors (Lipinski definition) is 5. The highest BCUT2D eigenvalue weighted by Crippen LogP contribution is 2.12. The van der Waals surface area contributed by atoms with Gasteiger partial charge in [-0.1, -0.05) is 161 Å². The second-order valence-electron chi connectivity index (χ2n) is 14.6. The van der Waals surface area contributed by atoms with Crippen molar-refractivity contribution in [3.05, 3.63) is 24.3 Å². The fourth-order valence-corrected chi connectivity index (χ4v) is 6.20. The summed E-state index contributed by atoms with van der Waals surface area (Å²) >= 11 is 0. The normalized spacial score (nSPS) is 12.5. The molecule has 1 atom stereocenters. The summed E-state index contributed by atoms with van der Waals surface area (Å²) in [5.74, 6) is -0.137. The predicted molar refractivity (Wildman–Crippen MR) is 218 cm³/mol. The first-order valence-electron chi connectivity index (χ1n) is 22.1. The molecule has 0 bridgehead atoms. The monoisotopic (exact) mass is 706 g/mol. The number of esters is 1. The van der Waals surface area contributed by atoms with E-state index in [1.807, 2.05) is 0 Å². The summed E-state index contributed by atoms with van der Waals surface area (Å²) in [4.78, 5) is 12.2. The molecule has 0 spiro atoms. The van der Waals surface area contributed by atoms with Crippen molar-refractivity contribution in [3.63, 3.8) is 0 Å². The Kier molecular flexibility index (Phi) is 43.0.